The molecule has 1 saturated carbocycles. The zero-order chi connectivity index (χ0) is 14.0. The first kappa shape index (κ1) is 15.3. The van der Waals surface area contributed by atoms with E-state index in [0.29, 0.717) is 11.2 Å². The first-order valence-corrected chi connectivity index (χ1v) is 9.43. The van der Waals surface area contributed by atoms with Gasteiger partial charge in [-0.1, -0.05) is 19.3 Å². The van der Waals surface area contributed by atoms with Crippen molar-refractivity contribution in [3.63, 3.8) is 0 Å². The third-order valence-electron chi connectivity index (χ3n) is 4.03. The number of rotatable bonds is 2. The molecule has 4 nitrogen and oxygen atoms in total. The van der Waals surface area contributed by atoms with Crippen LogP contribution in [0.25, 0.3) is 0 Å². The van der Waals surface area contributed by atoms with Gasteiger partial charge in [-0.25, -0.2) is 8.42 Å². The maximum absolute atomic E-state index is 11.5. The quantitative estimate of drug-likeness (QED) is 0.616. The molecule has 0 aromatic carbocycles. The van der Waals surface area contributed by atoms with E-state index in [2.05, 4.69) is 10.2 Å². The fraction of sp³-hybridized carbons (Fsp3) is 0.917. The van der Waals surface area contributed by atoms with E-state index in [0.717, 1.165) is 12.8 Å². The molecule has 2 fully saturated rings. The van der Waals surface area contributed by atoms with Crippen LogP contribution in [0.5, 0.6) is 0 Å². The second-order valence-corrected chi connectivity index (χ2v) is 8.65. The minimum atomic E-state index is -3.01. The minimum absolute atomic E-state index is 0.0436. The fourth-order valence-corrected chi connectivity index (χ4v) is 5.68. The van der Waals surface area contributed by atoms with Gasteiger partial charge in [-0.3, -0.25) is 0 Å². The molecule has 0 aromatic heterocycles. The van der Waals surface area contributed by atoms with Gasteiger partial charge in [-0.15, -0.1) is 11.6 Å². The zero-order valence-electron chi connectivity index (χ0n) is 11.1. The SMILES string of the molecule is CN(C(=S)NC1CS(=O)(=O)CC1Cl)C1CCCCC1. The van der Waals surface area contributed by atoms with Crippen molar-refractivity contribution in [2.45, 2.75) is 49.6 Å². The van der Waals surface area contributed by atoms with Crippen LogP contribution >= 0.6 is 23.8 Å². The number of nitrogens with zero attached hydrogens (tertiary/aromatic N) is 1. The molecule has 0 spiro atoms. The molecule has 1 saturated heterocycles. The van der Waals surface area contributed by atoms with Gasteiger partial charge in [-0.2, -0.15) is 0 Å². The maximum Gasteiger partial charge on any atom is 0.169 e. The number of hydrogen-bond donors (Lipinski definition) is 1. The maximum atomic E-state index is 11.5. The van der Waals surface area contributed by atoms with Gasteiger partial charge in [0.25, 0.3) is 0 Å². The topological polar surface area (TPSA) is 49.4 Å². The molecule has 2 atom stereocenters. The Morgan fingerprint density at radius 2 is 1.89 bits per heavy atom. The number of nitrogens with one attached hydrogen (secondary N) is 1. The molecule has 2 rings (SSSR count). The third-order valence-corrected chi connectivity index (χ3v) is 6.82. The highest BCUT2D eigenvalue weighted by Crippen LogP contribution is 2.23. The summed E-state index contributed by atoms with van der Waals surface area (Å²) in [5, 5.41) is 3.37. The van der Waals surface area contributed by atoms with E-state index in [1.165, 1.54) is 19.3 Å². The summed E-state index contributed by atoms with van der Waals surface area (Å²) in [6.45, 7) is 0. The summed E-state index contributed by atoms with van der Waals surface area (Å²) in [7, 11) is -1.03. The highest BCUT2D eigenvalue weighted by atomic mass is 35.5. The summed E-state index contributed by atoms with van der Waals surface area (Å²) >= 11 is 11.5. The van der Waals surface area contributed by atoms with Gasteiger partial charge in [0, 0.05) is 13.1 Å². The Hall–Kier alpha value is -0.0700. The molecule has 1 aliphatic heterocycles. The van der Waals surface area contributed by atoms with Crippen LogP contribution in [-0.4, -0.2) is 54.4 Å². The van der Waals surface area contributed by atoms with Crippen LogP contribution in [0.15, 0.2) is 0 Å². The molecule has 1 heterocycles. The van der Waals surface area contributed by atoms with Crippen molar-refractivity contribution in [3.05, 3.63) is 0 Å². The summed E-state index contributed by atoms with van der Waals surface area (Å²) in [5.74, 6) is 0.127. The van der Waals surface area contributed by atoms with Crippen LogP contribution in [0.4, 0.5) is 0 Å². The summed E-state index contributed by atoms with van der Waals surface area (Å²) in [6, 6.07) is 0.214. The first-order chi connectivity index (χ1) is 8.89. The Morgan fingerprint density at radius 3 is 2.42 bits per heavy atom. The normalized spacial score (nSPS) is 31.1. The van der Waals surface area contributed by atoms with Gasteiger partial charge < -0.3 is 10.2 Å². The predicted molar refractivity (Wildman–Crippen MR) is 82.5 cm³/mol. The van der Waals surface area contributed by atoms with Crippen LogP contribution in [0.1, 0.15) is 32.1 Å². The highest BCUT2D eigenvalue weighted by molar-refractivity contribution is 7.91. The Balaban J connectivity index is 1.90. The minimum Gasteiger partial charge on any atom is -0.357 e. The first-order valence-electron chi connectivity index (χ1n) is 6.77. The lowest BCUT2D eigenvalue weighted by Gasteiger charge is -2.34. The molecule has 19 heavy (non-hydrogen) atoms. The van der Waals surface area contributed by atoms with Crippen molar-refractivity contribution >= 4 is 38.8 Å². The van der Waals surface area contributed by atoms with Crippen molar-refractivity contribution in [1.82, 2.24) is 10.2 Å². The van der Waals surface area contributed by atoms with Crippen molar-refractivity contribution in [3.8, 4) is 0 Å². The van der Waals surface area contributed by atoms with E-state index in [9.17, 15) is 8.42 Å². The smallest absolute Gasteiger partial charge is 0.169 e. The van der Waals surface area contributed by atoms with Gasteiger partial charge in [0.05, 0.1) is 22.9 Å². The number of thiocarbonyl (C=S) groups is 1. The predicted octanol–water partition coefficient (Wildman–Crippen LogP) is 1.53. The van der Waals surface area contributed by atoms with Crippen LogP contribution in [0, 0.1) is 0 Å². The molecule has 7 heteroatoms. The van der Waals surface area contributed by atoms with E-state index in [1.807, 2.05) is 7.05 Å². The van der Waals surface area contributed by atoms with E-state index in [1.54, 1.807) is 0 Å². The van der Waals surface area contributed by atoms with Crippen LogP contribution in [0.2, 0.25) is 0 Å². The van der Waals surface area contributed by atoms with Gasteiger partial charge >= 0.3 is 0 Å². The largest absolute Gasteiger partial charge is 0.357 e. The second-order valence-electron chi connectivity index (χ2n) is 5.55. The molecule has 1 N–H and O–H groups in total. The van der Waals surface area contributed by atoms with Crippen molar-refractivity contribution in [1.29, 1.82) is 0 Å². The Labute approximate surface area is 125 Å². The van der Waals surface area contributed by atoms with E-state index >= 15 is 0 Å². The summed E-state index contributed by atoms with van der Waals surface area (Å²) < 4.78 is 23.0. The van der Waals surface area contributed by atoms with Crippen molar-refractivity contribution < 1.29 is 8.42 Å². The standard InChI is InChI=1S/C12H21ClN2O2S2/c1-15(9-5-3-2-4-6-9)12(18)14-11-8-19(16,17)7-10(11)13/h9-11H,2-8H2,1H3,(H,14,18). The van der Waals surface area contributed by atoms with E-state index in [4.69, 9.17) is 23.8 Å². The average Bonchev–Trinajstić information content (AvgIpc) is 2.62. The van der Waals surface area contributed by atoms with Crippen LogP contribution in [-0.2, 0) is 9.84 Å². The molecular weight excluding hydrogens is 304 g/mol. The van der Waals surface area contributed by atoms with E-state index in [-0.39, 0.29) is 22.9 Å². The van der Waals surface area contributed by atoms with Crippen molar-refractivity contribution in [2.24, 2.45) is 0 Å². The lowest BCUT2D eigenvalue weighted by atomic mass is 9.95. The van der Waals surface area contributed by atoms with Gasteiger partial charge in [0.15, 0.2) is 14.9 Å². The molecule has 1 aliphatic carbocycles. The molecule has 0 amide bonds. The number of sulfone groups is 1. The molecular formula is C12H21ClN2O2S2. The Bertz CT molecular complexity index is 435. The molecule has 0 aromatic rings. The molecule has 0 bridgehead atoms. The second kappa shape index (κ2) is 6.14. The van der Waals surface area contributed by atoms with Gasteiger partial charge in [0.1, 0.15) is 0 Å². The number of hydrogen-bond acceptors (Lipinski definition) is 3. The van der Waals surface area contributed by atoms with Crippen LogP contribution in [0.3, 0.4) is 0 Å². The van der Waals surface area contributed by atoms with Crippen molar-refractivity contribution in [2.75, 3.05) is 18.6 Å². The number of halogens is 1. The zero-order valence-corrected chi connectivity index (χ0v) is 13.5. The lowest BCUT2D eigenvalue weighted by molar-refractivity contribution is 0.274. The van der Waals surface area contributed by atoms with Gasteiger partial charge in [-0.05, 0) is 25.1 Å². The summed E-state index contributed by atoms with van der Waals surface area (Å²) in [6.07, 6.45) is 6.10. The highest BCUT2D eigenvalue weighted by Gasteiger charge is 2.37. The number of alkyl halides is 1. The fourth-order valence-electron chi connectivity index (χ4n) is 2.83. The lowest BCUT2D eigenvalue weighted by Crippen LogP contribution is -2.50. The Kier molecular flexibility index (Phi) is 4.95. The molecule has 110 valence electrons. The molecule has 2 unspecified atom stereocenters. The average molecular weight is 325 g/mol. The molecule has 0 radical (unpaired) electrons. The van der Waals surface area contributed by atoms with E-state index < -0.39 is 9.84 Å². The van der Waals surface area contributed by atoms with Crippen LogP contribution < -0.4 is 5.32 Å². The van der Waals surface area contributed by atoms with Gasteiger partial charge in [0.2, 0.25) is 0 Å². The Morgan fingerprint density at radius 1 is 1.26 bits per heavy atom. The summed E-state index contributed by atoms with van der Waals surface area (Å²) in [4.78, 5) is 2.07. The third kappa shape index (κ3) is 3.95. The molecule has 2 aliphatic rings. The monoisotopic (exact) mass is 324 g/mol. The summed E-state index contributed by atoms with van der Waals surface area (Å²) in [5.41, 5.74) is 0.